The zero-order valence-electron chi connectivity index (χ0n) is 13.3. The maximum atomic E-state index is 12.1. The van der Waals surface area contributed by atoms with E-state index in [2.05, 4.69) is 29.6 Å². The second-order valence-electron chi connectivity index (χ2n) is 5.47. The lowest BCUT2D eigenvalue weighted by molar-refractivity contribution is 0.244. The second kappa shape index (κ2) is 6.98. The van der Waals surface area contributed by atoms with Crippen LogP contribution in [0.3, 0.4) is 0 Å². The van der Waals surface area contributed by atoms with E-state index in [0.29, 0.717) is 5.82 Å². The Morgan fingerprint density at radius 1 is 1.23 bits per heavy atom. The van der Waals surface area contributed by atoms with E-state index in [1.165, 1.54) is 0 Å². The molecule has 1 heterocycles. The molecule has 2 rings (SSSR count). The van der Waals surface area contributed by atoms with Crippen molar-refractivity contribution in [3.63, 3.8) is 0 Å². The highest BCUT2D eigenvalue weighted by Gasteiger charge is 2.18. The predicted octanol–water partition coefficient (Wildman–Crippen LogP) is 2.95. The van der Waals surface area contributed by atoms with E-state index in [1.54, 1.807) is 31.1 Å². The minimum Gasteiger partial charge on any atom is -0.497 e. The number of aryl methyl sites for hydroxylation is 1. The number of rotatable bonds is 5. The van der Waals surface area contributed by atoms with Crippen molar-refractivity contribution in [3.05, 3.63) is 42.1 Å². The van der Waals surface area contributed by atoms with Gasteiger partial charge in [0.1, 0.15) is 5.75 Å². The SMILES string of the molecule is COc1ccc([C@H](NC(=O)Nc2ccn(C)n2)C(C)C)cc1. The van der Waals surface area contributed by atoms with Gasteiger partial charge in [-0.2, -0.15) is 5.10 Å². The minimum absolute atomic E-state index is 0.0883. The molecule has 6 heteroatoms. The fourth-order valence-corrected chi connectivity index (χ4v) is 2.22. The number of urea groups is 1. The molecule has 0 saturated carbocycles. The molecular formula is C16H22N4O2. The topological polar surface area (TPSA) is 68.2 Å². The van der Waals surface area contributed by atoms with Crippen LogP contribution in [0.2, 0.25) is 0 Å². The third-order valence-corrected chi connectivity index (χ3v) is 3.38. The Morgan fingerprint density at radius 3 is 2.41 bits per heavy atom. The average molecular weight is 302 g/mol. The normalized spacial score (nSPS) is 12.0. The van der Waals surface area contributed by atoms with Gasteiger partial charge in [0, 0.05) is 19.3 Å². The first-order chi connectivity index (χ1) is 10.5. The molecule has 22 heavy (non-hydrogen) atoms. The molecular weight excluding hydrogens is 280 g/mol. The third kappa shape index (κ3) is 4.00. The molecule has 6 nitrogen and oxygen atoms in total. The third-order valence-electron chi connectivity index (χ3n) is 3.38. The summed E-state index contributed by atoms with van der Waals surface area (Å²) in [5.74, 6) is 1.57. The number of nitrogens with one attached hydrogen (secondary N) is 2. The van der Waals surface area contributed by atoms with Gasteiger partial charge in [-0.15, -0.1) is 0 Å². The van der Waals surface area contributed by atoms with E-state index in [4.69, 9.17) is 4.74 Å². The summed E-state index contributed by atoms with van der Waals surface area (Å²) >= 11 is 0. The lowest BCUT2D eigenvalue weighted by atomic mass is 9.96. The van der Waals surface area contributed by atoms with Crippen LogP contribution in [-0.4, -0.2) is 22.9 Å². The molecule has 0 spiro atoms. The van der Waals surface area contributed by atoms with E-state index in [0.717, 1.165) is 11.3 Å². The van der Waals surface area contributed by atoms with Gasteiger partial charge in [0.2, 0.25) is 0 Å². The molecule has 0 unspecified atom stereocenters. The summed E-state index contributed by atoms with van der Waals surface area (Å²) in [6.45, 7) is 4.13. The van der Waals surface area contributed by atoms with E-state index >= 15 is 0 Å². The van der Waals surface area contributed by atoms with Crippen LogP contribution < -0.4 is 15.4 Å². The van der Waals surface area contributed by atoms with Crippen molar-refractivity contribution < 1.29 is 9.53 Å². The number of anilines is 1. The van der Waals surface area contributed by atoms with Crippen molar-refractivity contribution >= 4 is 11.8 Å². The predicted molar refractivity (Wildman–Crippen MR) is 85.9 cm³/mol. The maximum Gasteiger partial charge on any atom is 0.320 e. The van der Waals surface area contributed by atoms with Crippen LogP contribution in [0.1, 0.15) is 25.5 Å². The van der Waals surface area contributed by atoms with Crippen molar-refractivity contribution in [3.8, 4) is 5.75 Å². The Morgan fingerprint density at radius 2 is 1.91 bits per heavy atom. The summed E-state index contributed by atoms with van der Waals surface area (Å²) in [5, 5.41) is 9.85. The first kappa shape index (κ1) is 15.9. The number of nitrogens with zero attached hydrogens (tertiary/aromatic N) is 2. The Kier molecular flexibility index (Phi) is 5.04. The number of carbonyl (C=O) groups excluding carboxylic acids is 1. The van der Waals surface area contributed by atoms with E-state index in [-0.39, 0.29) is 18.0 Å². The highest BCUT2D eigenvalue weighted by Crippen LogP contribution is 2.24. The van der Waals surface area contributed by atoms with Gasteiger partial charge >= 0.3 is 6.03 Å². The molecule has 0 aliphatic heterocycles. The summed E-state index contributed by atoms with van der Waals surface area (Å²) in [7, 11) is 3.44. The van der Waals surface area contributed by atoms with Crippen LogP contribution in [0.4, 0.5) is 10.6 Å². The van der Waals surface area contributed by atoms with Crippen molar-refractivity contribution in [2.24, 2.45) is 13.0 Å². The lowest BCUT2D eigenvalue weighted by Gasteiger charge is -2.23. The first-order valence-corrected chi connectivity index (χ1v) is 7.20. The van der Waals surface area contributed by atoms with Gasteiger partial charge in [-0.1, -0.05) is 26.0 Å². The van der Waals surface area contributed by atoms with Gasteiger partial charge < -0.3 is 10.1 Å². The molecule has 118 valence electrons. The van der Waals surface area contributed by atoms with E-state index < -0.39 is 0 Å². The molecule has 2 aromatic rings. The van der Waals surface area contributed by atoms with Crippen molar-refractivity contribution in [1.82, 2.24) is 15.1 Å². The standard InChI is InChI=1S/C16H22N4O2/c1-11(2)15(12-5-7-13(22-4)8-6-12)18-16(21)17-14-9-10-20(3)19-14/h5-11,15H,1-4H3,(H2,17,18,19,21)/t15-/m1/s1. The molecule has 1 atom stereocenters. The highest BCUT2D eigenvalue weighted by atomic mass is 16.5. The van der Waals surface area contributed by atoms with Crippen molar-refractivity contribution in [2.75, 3.05) is 12.4 Å². The number of ether oxygens (including phenoxy) is 1. The molecule has 2 amide bonds. The largest absolute Gasteiger partial charge is 0.497 e. The van der Waals surface area contributed by atoms with E-state index in [1.807, 2.05) is 24.3 Å². The van der Waals surface area contributed by atoms with Crippen molar-refractivity contribution in [1.29, 1.82) is 0 Å². The summed E-state index contributed by atoms with van der Waals surface area (Å²) in [6.07, 6.45) is 1.78. The van der Waals surface area contributed by atoms with Crippen LogP contribution in [0.15, 0.2) is 36.5 Å². The average Bonchev–Trinajstić information content (AvgIpc) is 2.89. The molecule has 0 aliphatic rings. The Balaban J connectivity index is 2.05. The minimum atomic E-state index is -0.270. The molecule has 0 radical (unpaired) electrons. The van der Waals surface area contributed by atoms with Gasteiger partial charge in [0.15, 0.2) is 5.82 Å². The zero-order valence-corrected chi connectivity index (χ0v) is 13.3. The molecule has 1 aromatic heterocycles. The molecule has 0 bridgehead atoms. The number of benzene rings is 1. The number of carbonyl (C=O) groups is 1. The summed E-state index contributed by atoms with van der Waals surface area (Å²) in [4.78, 5) is 12.1. The number of hydrogen-bond acceptors (Lipinski definition) is 3. The van der Waals surface area contributed by atoms with Crippen LogP contribution in [0.5, 0.6) is 5.75 Å². The van der Waals surface area contributed by atoms with Gasteiger partial charge in [0.05, 0.1) is 13.2 Å². The second-order valence-corrected chi connectivity index (χ2v) is 5.47. The molecule has 0 aliphatic carbocycles. The van der Waals surface area contributed by atoms with Gasteiger partial charge in [-0.25, -0.2) is 4.79 Å². The lowest BCUT2D eigenvalue weighted by Crippen LogP contribution is -2.35. The molecule has 1 aromatic carbocycles. The quantitative estimate of drug-likeness (QED) is 0.892. The van der Waals surface area contributed by atoms with Gasteiger partial charge in [-0.3, -0.25) is 10.00 Å². The van der Waals surface area contributed by atoms with Crippen LogP contribution >= 0.6 is 0 Å². The number of amides is 2. The Labute approximate surface area is 130 Å². The van der Waals surface area contributed by atoms with Crippen LogP contribution in [-0.2, 0) is 7.05 Å². The number of aromatic nitrogens is 2. The summed E-state index contributed by atoms with van der Waals surface area (Å²) in [5.41, 5.74) is 1.03. The molecule has 0 fully saturated rings. The monoisotopic (exact) mass is 302 g/mol. The fraction of sp³-hybridized carbons (Fsp3) is 0.375. The summed E-state index contributed by atoms with van der Waals surface area (Å²) < 4.78 is 6.80. The summed E-state index contributed by atoms with van der Waals surface area (Å²) in [6, 6.07) is 9.10. The van der Waals surface area contributed by atoms with Gasteiger partial charge in [-0.05, 0) is 23.6 Å². The Bertz CT molecular complexity index is 619. The highest BCUT2D eigenvalue weighted by molar-refractivity contribution is 5.88. The smallest absolute Gasteiger partial charge is 0.320 e. The number of methoxy groups -OCH3 is 1. The molecule has 2 N–H and O–H groups in total. The number of hydrogen-bond donors (Lipinski definition) is 2. The zero-order chi connectivity index (χ0) is 16.1. The Hall–Kier alpha value is -2.50. The van der Waals surface area contributed by atoms with Crippen LogP contribution in [0.25, 0.3) is 0 Å². The van der Waals surface area contributed by atoms with Gasteiger partial charge in [0.25, 0.3) is 0 Å². The van der Waals surface area contributed by atoms with Crippen molar-refractivity contribution in [2.45, 2.75) is 19.9 Å². The van der Waals surface area contributed by atoms with E-state index in [9.17, 15) is 4.79 Å². The molecule has 0 saturated heterocycles. The first-order valence-electron chi connectivity index (χ1n) is 7.20. The van der Waals surface area contributed by atoms with Crippen LogP contribution in [0, 0.1) is 5.92 Å². The fourth-order valence-electron chi connectivity index (χ4n) is 2.22. The maximum absolute atomic E-state index is 12.1.